The van der Waals surface area contributed by atoms with Gasteiger partial charge in [0.25, 0.3) is 5.91 Å². The second-order valence-electron chi connectivity index (χ2n) is 5.84. The largest absolute Gasteiger partial charge is 0.497 e. The van der Waals surface area contributed by atoms with Crippen molar-refractivity contribution in [2.75, 3.05) is 12.4 Å². The van der Waals surface area contributed by atoms with E-state index in [1.165, 1.54) is 13.0 Å². The van der Waals surface area contributed by atoms with Crippen LogP contribution in [0.1, 0.15) is 23.9 Å². The first kappa shape index (κ1) is 19.2. The van der Waals surface area contributed by atoms with E-state index in [9.17, 15) is 9.59 Å². The molecule has 1 atom stereocenters. The van der Waals surface area contributed by atoms with Crippen molar-refractivity contribution in [3.8, 4) is 5.75 Å². The van der Waals surface area contributed by atoms with Crippen LogP contribution in [0, 0.1) is 13.8 Å². The number of hydrogen-bond donors (Lipinski definition) is 1. The lowest BCUT2D eigenvalue weighted by Crippen LogP contribution is -2.29. The number of amides is 1. The number of benzene rings is 1. The average Bonchev–Trinajstić information content (AvgIpc) is 2.86. The Labute approximate surface area is 152 Å². The van der Waals surface area contributed by atoms with Gasteiger partial charge in [-0.15, -0.1) is 0 Å². The summed E-state index contributed by atoms with van der Waals surface area (Å²) in [7, 11) is 3.38. The molecular weight excluding hydrogens is 334 g/mol. The van der Waals surface area contributed by atoms with Crippen LogP contribution in [0.5, 0.6) is 5.75 Å². The van der Waals surface area contributed by atoms with Crippen LogP contribution in [0.2, 0.25) is 0 Å². The van der Waals surface area contributed by atoms with Gasteiger partial charge in [0, 0.05) is 13.1 Å². The second kappa shape index (κ2) is 8.33. The lowest BCUT2D eigenvalue weighted by molar-refractivity contribution is -0.148. The van der Waals surface area contributed by atoms with Gasteiger partial charge in [-0.2, -0.15) is 5.10 Å². The minimum atomic E-state index is -0.929. The zero-order chi connectivity index (χ0) is 19.3. The van der Waals surface area contributed by atoms with Crippen molar-refractivity contribution in [1.82, 2.24) is 9.78 Å². The highest BCUT2D eigenvalue weighted by atomic mass is 16.5. The molecule has 0 fully saturated rings. The predicted molar refractivity (Wildman–Crippen MR) is 98.9 cm³/mol. The molecule has 2 aromatic rings. The van der Waals surface area contributed by atoms with Gasteiger partial charge in [0.2, 0.25) is 0 Å². The van der Waals surface area contributed by atoms with Crippen molar-refractivity contribution in [2.45, 2.75) is 26.9 Å². The van der Waals surface area contributed by atoms with Gasteiger partial charge < -0.3 is 14.8 Å². The topological polar surface area (TPSA) is 82.4 Å². The Morgan fingerprint density at radius 2 is 1.88 bits per heavy atom. The molecule has 0 bridgehead atoms. The van der Waals surface area contributed by atoms with Gasteiger partial charge in [0.1, 0.15) is 5.75 Å². The van der Waals surface area contributed by atoms with E-state index in [0.29, 0.717) is 11.4 Å². The number of aromatic nitrogens is 2. The fourth-order valence-corrected chi connectivity index (χ4v) is 2.33. The molecule has 26 heavy (non-hydrogen) atoms. The van der Waals surface area contributed by atoms with Gasteiger partial charge in [-0.3, -0.25) is 9.48 Å². The Kier molecular flexibility index (Phi) is 6.16. The summed E-state index contributed by atoms with van der Waals surface area (Å²) < 4.78 is 11.9. The highest BCUT2D eigenvalue weighted by Crippen LogP contribution is 2.18. The molecule has 0 aliphatic heterocycles. The zero-order valence-electron chi connectivity index (χ0n) is 15.6. The molecule has 0 aliphatic carbocycles. The molecular formula is C19H23N3O4. The molecule has 1 aromatic heterocycles. The first-order chi connectivity index (χ1) is 12.3. The second-order valence-corrected chi connectivity index (χ2v) is 5.84. The number of ether oxygens (including phenoxy) is 2. The number of carbonyl (C=O) groups excluding carboxylic acids is 2. The molecule has 1 N–H and O–H groups in total. The van der Waals surface area contributed by atoms with Crippen molar-refractivity contribution in [3.05, 3.63) is 47.3 Å². The van der Waals surface area contributed by atoms with Gasteiger partial charge in [0.05, 0.1) is 24.2 Å². The first-order valence-electron chi connectivity index (χ1n) is 8.15. The van der Waals surface area contributed by atoms with E-state index in [2.05, 4.69) is 10.4 Å². The van der Waals surface area contributed by atoms with Gasteiger partial charge in [-0.25, -0.2) is 4.79 Å². The van der Waals surface area contributed by atoms with Crippen LogP contribution >= 0.6 is 0 Å². The van der Waals surface area contributed by atoms with Crippen LogP contribution < -0.4 is 10.1 Å². The molecule has 0 radical (unpaired) electrons. The first-order valence-corrected chi connectivity index (χ1v) is 8.15. The lowest BCUT2D eigenvalue weighted by Gasteiger charge is -2.12. The van der Waals surface area contributed by atoms with Gasteiger partial charge in [-0.05, 0) is 44.5 Å². The van der Waals surface area contributed by atoms with Crippen molar-refractivity contribution < 1.29 is 19.1 Å². The van der Waals surface area contributed by atoms with Crippen LogP contribution in [0.15, 0.2) is 30.3 Å². The summed E-state index contributed by atoms with van der Waals surface area (Å²) in [5.41, 5.74) is 2.99. The molecule has 1 amide bonds. The fraction of sp³-hybridized carbons (Fsp3) is 0.316. The summed E-state index contributed by atoms with van der Waals surface area (Å²) in [6, 6.07) is 7.21. The quantitative estimate of drug-likeness (QED) is 0.635. The smallest absolute Gasteiger partial charge is 0.331 e. The summed E-state index contributed by atoms with van der Waals surface area (Å²) >= 11 is 0. The molecule has 0 unspecified atom stereocenters. The Bertz CT molecular complexity index is 822. The molecule has 1 heterocycles. The van der Waals surface area contributed by atoms with Crippen LogP contribution in [0.3, 0.4) is 0 Å². The number of esters is 1. The zero-order valence-corrected chi connectivity index (χ0v) is 15.6. The predicted octanol–water partition coefficient (Wildman–Crippen LogP) is 2.63. The normalized spacial score (nSPS) is 12.0. The van der Waals surface area contributed by atoms with E-state index < -0.39 is 18.0 Å². The maximum Gasteiger partial charge on any atom is 0.331 e. The monoisotopic (exact) mass is 357 g/mol. The Morgan fingerprint density at radius 1 is 1.23 bits per heavy atom. The molecule has 0 aliphatic rings. The molecule has 0 spiro atoms. The molecule has 0 saturated heterocycles. The summed E-state index contributed by atoms with van der Waals surface area (Å²) in [6.07, 6.45) is 1.97. The average molecular weight is 357 g/mol. The highest BCUT2D eigenvalue weighted by Gasteiger charge is 2.20. The van der Waals surface area contributed by atoms with Crippen molar-refractivity contribution >= 4 is 23.6 Å². The van der Waals surface area contributed by atoms with Gasteiger partial charge in [-0.1, -0.05) is 12.1 Å². The number of rotatable bonds is 6. The van der Waals surface area contributed by atoms with Gasteiger partial charge in [0.15, 0.2) is 6.10 Å². The van der Waals surface area contributed by atoms with Crippen LogP contribution in [-0.4, -0.2) is 34.9 Å². The summed E-state index contributed by atoms with van der Waals surface area (Å²) in [5, 5.41) is 6.99. The van der Waals surface area contributed by atoms with E-state index in [1.807, 2.05) is 19.1 Å². The van der Waals surface area contributed by atoms with Crippen molar-refractivity contribution in [3.63, 3.8) is 0 Å². The number of methoxy groups -OCH3 is 1. The SMILES string of the molecule is COc1ccc(/C=C/C(=O)O[C@@H](C)C(=O)Nc2c(C)nn(C)c2C)cc1. The third kappa shape index (κ3) is 4.72. The number of nitrogens with one attached hydrogen (secondary N) is 1. The number of anilines is 1. The Hall–Kier alpha value is -3.09. The van der Waals surface area contributed by atoms with Gasteiger partial charge >= 0.3 is 5.97 Å². The maximum atomic E-state index is 12.2. The van der Waals surface area contributed by atoms with Crippen molar-refractivity contribution in [2.24, 2.45) is 7.05 Å². The molecule has 2 rings (SSSR count). The van der Waals surface area contributed by atoms with Crippen LogP contribution in [-0.2, 0) is 21.4 Å². The standard InChI is InChI=1S/C19H23N3O4/c1-12-18(13(2)22(4)21-12)20-19(24)14(3)26-17(23)11-8-15-6-9-16(25-5)10-7-15/h6-11,14H,1-5H3,(H,20,24)/b11-8+/t14-/m0/s1. The van der Waals surface area contributed by atoms with E-state index in [0.717, 1.165) is 17.0 Å². The number of carbonyl (C=O) groups is 2. The third-order valence-electron chi connectivity index (χ3n) is 3.95. The number of nitrogens with zero attached hydrogens (tertiary/aromatic N) is 2. The minimum Gasteiger partial charge on any atom is -0.497 e. The molecule has 7 heteroatoms. The molecule has 1 aromatic carbocycles. The molecule has 0 saturated carbocycles. The minimum absolute atomic E-state index is 0.407. The highest BCUT2D eigenvalue weighted by molar-refractivity contribution is 5.97. The summed E-state index contributed by atoms with van der Waals surface area (Å²) in [4.78, 5) is 24.2. The molecule has 7 nitrogen and oxygen atoms in total. The maximum absolute atomic E-state index is 12.2. The van der Waals surface area contributed by atoms with E-state index in [1.54, 1.807) is 44.0 Å². The van der Waals surface area contributed by atoms with Crippen LogP contribution in [0.25, 0.3) is 6.08 Å². The van der Waals surface area contributed by atoms with E-state index >= 15 is 0 Å². The van der Waals surface area contributed by atoms with E-state index in [-0.39, 0.29) is 0 Å². The van der Waals surface area contributed by atoms with Crippen molar-refractivity contribution in [1.29, 1.82) is 0 Å². The number of hydrogen-bond acceptors (Lipinski definition) is 5. The third-order valence-corrected chi connectivity index (χ3v) is 3.95. The van der Waals surface area contributed by atoms with Crippen LogP contribution in [0.4, 0.5) is 5.69 Å². The Morgan fingerprint density at radius 3 is 2.42 bits per heavy atom. The molecule has 138 valence electrons. The number of aryl methyl sites for hydroxylation is 2. The Balaban J connectivity index is 1.92. The van der Waals surface area contributed by atoms with E-state index in [4.69, 9.17) is 9.47 Å². The fourth-order valence-electron chi connectivity index (χ4n) is 2.33. The summed E-state index contributed by atoms with van der Waals surface area (Å²) in [5.74, 6) is -0.269. The summed E-state index contributed by atoms with van der Waals surface area (Å²) in [6.45, 7) is 5.18. The lowest BCUT2D eigenvalue weighted by atomic mass is 10.2.